The second-order valence-electron chi connectivity index (χ2n) is 4.02. The van der Waals surface area contributed by atoms with Gasteiger partial charge in [0.1, 0.15) is 0 Å². The Hall–Kier alpha value is -0.830. The molecule has 0 radical (unpaired) electrons. The Morgan fingerprint density at radius 1 is 1.53 bits per heavy atom. The predicted molar refractivity (Wildman–Crippen MR) is 62.7 cm³/mol. The predicted octanol–water partition coefficient (Wildman–Crippen LogP) is 3.47. The van der Waals surface area contributed by atoms with E-state index in [4.69, 9.17) is 5.11 Å². The monoisotopic (exact) mass is 268 g/mol. The van der Waals surface area contributed by atoms with Crippen LogP contribution in [0.5, 0.6) is 0 Å². The molecule has 3 heteroatoms. The highest BCUT2D eigenvalue weighted by atomic mass is 79.9. The lowest BCUT2D eigenvalue weighted by atomic mass is 9.94. The van der Waals surface area contributed by atoms with Gasteiger partial charge in [-0.15, -0.1) is 0 Å². The molecule has 1 fully saturated rings. The summed E-state index contributed by atoms with van der Waals surface area (Å²) in [5, 5.41) is 9.85. The molecule has 0 atom stereocenters. The number of benzene rings is 1. The molecule has 0 unspecified atom stereocenters. The molecule has 2 nitrogen and oxygen atoms in total. The number of carboxylic acids is 1. The Balaban J connectivity index is 2.55. The largest absolute Gasteiger partial charge is 0.478 e. The van der Waals surface area contributed by atoms with Gasteiger partial charge in [-0.25, -0.2) is 4.79 Å². The molecular formula is C12H13BrO2. The molecule has 0 saturated heterocycles. The molecule has 0 bridgehead atoms. The standard InChI is InChI=1S/C12H13BrO2/c1-7-10(12(14)15)5-4-9(6-13)11(7)8-2-3-8/h4-5,8H,2-3,6H2,1H3,(H,14,15). The van der Waals surface area contributed by atoms with Crippen LogP contribution >= 0.6 is 15.9 Å². The van der Waals surface area contributed by atoms with E-state index in [2.05, 4.69) is 15.9 Å². The summed E-state index contributed by atoms with van der Waals surface area (Å²) in [6, 6.07) is 3.64. The Kier molecular flexibility index (Phi) is 2.83. The normalized spacial score (nSPS) is 15.3. The minimum absolute atomic E-state index is 0.446. The molecule has 1 aliphatic carbocycles. The summed E-state index contributed by atoms with van der Waals surface area (Å²) in [4.78, 5) is 11.0. The molecule has 0 amide bonds. The van der Waals surface area contributed by atoms with E-state index in [0.29, 0.717) is 11.5 Å². The number of alkyl halides is 1. The summed E-state index contributed by atoms with van der Waals surface area (Å²) >= 11 is 3.45. The van der Waals surface area contributed by atoms with Crippen molar-refractivity contribution in [3.05, 3.63) is 34.4 Å². The van der Waals surface area contributed by atoms with Crippen LogP contribution in [-0.2, 0) is 5.33 Å². The zero-order valence-corrected chi connectivity index (χ0v) is 10.2. The fourth-order valence-corrected chi connectivity index (χ4v) is 2.56. The van der Waals surface area contributed by atoms with E-state index in [1.165, 1.54) is 24.0 Å². The average molecular weight is 269 g/mol. The van der Waals surface area contributed by atoms with Gasteiger partial charge in [-0.3, -0.25) is 0 Å². The molecule has 1 saturated carbocycles. The Morgan fingerprint density at radius 2 is 2.20 bits per heavy atom. The number of carbonyl (C=O) groups is 1. The molecule has 80 valence electrons. The molecule has 1 aromatic rings. The molecular weight excluding hydrogens is 256 g/mol. The SMILES string of the molecule is Cc1c(C(=O)O)ccc(CBr)c1C1CC1. The van der Waals surface area contributed by atoms with Crippen LogP contribution in [0.1, 0.15) is 45.8 Å². The van der Waals surface area contributed by atoms with Crippen molar-refractivity contribution in [1.29, 1.82) is 0 Å². The van der Waals surface area contributed by atoms with E-state index in [1.807, 2.05) is 13.0 Å². The van der Waals surface area contributed by atoms with Gasteiger partial charge in [0.2, 0.25) is 0 Å². The molecule has 0 aliphatic heterocycles. The fourth-order valence-electron chi connectivity index (χ4n) is 2.07. The van der Waals surface area contributed by atoms with E-state index in [-0.39, 0.29) is 0 Å². The molecule has 1 N–H and O–H groups in total. The first-order valence-electron chi connectivity index (χ1n) is 5.06. The van der Waals surface area contributed by atoms with Crippen LogP contribution < -0.4 is 0 Å². The van der Waals surface area contributed by atoms with Gasteiger partial charge in [0.05, 0.1) is 5.56 Å². The molecule has 15 heavy (non-hydrogen) atoms. The van der Waals surface area contributed by atoms with Gasteiger partial charge in [-0.1, -0.05) is 22.0 Å². The maximum atomic E-state index is 11.0. The Bertz CT molecular complexity index is 408. The van der Waals surface area contributed by atoms with Gasteiger partial charge in [-0.05, 0) is 48.4 Å². The molecule has 2 rings (SSSR count). The van der Waals surface area contributed by atoms with Gasteiger partial charge in [0.25, 0.3) is 0 Å². The summed E-state index contributed by atoms with van der Waals surface area (Å²) < 4.78 is 0. The van der Waals surface area contributed by atoms with E-state index >= 15 is 0 Å². The van der Waals surface area contributed by atoms with E-state index in [9.17, 15) is 4.79 Å². The van der Waals surface area contributed by atoms with Crippen LogP contribution in [0.2, 0.25) is 0 Å². The summed E-state index contributed by atoms with van der Waals surface area (Å²) in [6.45, 7) is 1.92. The number of hydrogen-bond acceptors (Lipinski definition) is 1. The van der Waals surface area contributed by atoms with Gasteiger partial charge < -0.3 is 5.11 Å². The number of hydrogen-bond donors (Lipinski definition) is 1. The first kappa shape index (κ1) is 10.7. The van der Waals surface area contributed by atoms with Gasteiger partial charge in [-0.2, -0.15) is 0 Å². The third-order valence-corrected chi connectivity index (χ3v) is 3.57. The van der Waals surface area contributed by atoms with Crippen LogP contribution in [0.3, 0.4) is 0 Å². The van der Waals surface area contributed by atoms with Crippen LogP contribution in [0.15, 0.2) is 12.1 Å². The fraction of sp³-hybridized carbons (Fsp3) is 0.417. The Labute approximate surface area is 97.4 Å². The van der Waals surface area contributed by atoms with Crippen molar-refractivity contribution in [3.63, 3.8) is 0 Å². The van der Waals surface area contributed by atoms with Crippen molar-refractivity contribution in [2.45, 2.75) is 31.0 Å². The average Bonchev–Trinajstić information content (AvgIpc) is 3.00. The van der Waals surface area contributed by atoms with E-state index in [0.717, 1.165) is 10.9 Å². The van der Waals surface area contributed by atoms with Crippen LogP contribution in [0.4, 0.5) is 0 Å². The number of rotatable bonds is 3. The molecule has 0 aromatic heterocycles. The lowest BCUT2D eigenvalue weighted by Gasteiger charge is -2.12. The van der Waals surface area contributed by atoms with Crippen LogP contribution in [0.25, 0.3) is 0 Å². The topological polar surface area (TPSA) is 37.3 Å². The van der Waals surface area contributed by atoms with Crippen LogP contribution in [-0.4, -0.2) is 11.1 Å². The van der Waals surface area contributed by atoms with E-state index < -0.39 is 5.97 Å². The molecule has 1 aromatic carbocycles. The maximum Gasteiger partial charge on any atom is 0.335 e. The summed E-state index contributed by atoms with van der Waals surface area (Å²) in [5.41, 5.74) is 3.88. The minimum atomic E-state index is -0.824. The van der Waals surface area contributed by atoms with Crippen molar-refractivity contribution in [2.75, 3.05) is 0 Å². The second-order valence-corrected chi connectivity index (χ2v) is 4.58. The number of aromatic carboxylic acids is 1. The van der Waals surface area contributed by atoms with Crippen molar-refractivity contribution >= 4 is 21.9 Å². The second kappa shape index (κ2) is 3.97. The lowest BCUT2D eigenvalue weighted by Crippen LogP contribution is -2.04. The smallest absolute Gasteiger partial charge is 0.335 e. The van der Waals surface area contributed by atoms with Crippen molar-refractivity contribution < 1.29 is 9.90 Å². The zero-order valence-electron chi connectivity index (χ0n) is 8.59. The van der Waals surface area contributed by atoms with Crippen molar-refractivity contribution in [3.8, 4) is 0 Å². The molecule has 0 heterocycles. The maximum absolute atomic E-state index is 11.0. The third-order valence-electron chi connectivity index (χ3n) is 2.97. The molecule has 1 aliphatic rings. The summed E-state index contributed by atoms with van der Waals surface area (Å²) in [5.74, 6) is -0.229. The number of carboxylic acid groups (broad SMARTS) is 1. The van der Waals surface area contributed by atoms with Crippen LogP contribution in [0, 0.1) is 6.92 Å². The summed E-state index contributed by atoms with van der Waals surface area (Å²) in [7, 11) is 0. The van der Waals surface area contributed by atoms with Gasteiger partial charge in [0, 0.05) is 5.33 Å². The number of halogens is 1. The van der Waals surface area contributed by atoms with Crippen molar-refractivity contribution in [1.82, 2.24) is 0 Å². The summed E-state index contributed by atoms with van der Waals surface area (Å²) in [6.07, 6.45) is 2.40. The highest BCUT2D eigenvalue weighted by molar-refractivity contribution is 9.08. The van der Waals surface area contributed by atoms with E-state index in [1.54, 1.807) is 6.07 Å². The highest BCUT2D eigenvalue weighted by Crippen LogP contribution is 2.44. The van der Waals surface area contributed by atoms with Crippen molar-refractivity contribution in [2.24, 2.45) is 0 Å². The third kappa shape index (κ3) is 1.93. The van der Waals surface area contributed by atoms with Gasteiger partial charge >= 0.3 is 5.97 Å². The first-order chi connectivity index (χ1) is 7.15. The minimum Gasteiger partial charge on any atom is -0.478 e. The Morgan fingerprint density at radius 3 is 2.67 bits per heavy atom. The lowest BCUT2D eigenvalue weighted by molar-refractivity contribution is 0.0696. The quantitative estimate of drug-likeness (QED) is 0.853. The highest BCUT2D eigenvalue weighted by Gasteiger charge is 2.29. The van der Waals surface area contributed by atoms with Gasteiger partial charge in [0.15, 0.2) is 0 Å². The molecule has 0 spiro atoms. The first-order valence-corrected chi connectivity index (χ1v) is 6.19. The zero-order chi connectivity index (χ0) is 11.0.